The Bertz CT molecular complexity index is 286. The van der Waals surface area contributed by atoms with Crippen LogP contribution in [0.2, 0.25) is 5.02 Å². The number of hydrogen-bond acceptors (Lipinski definition) is 2. The van der Waals surface area contributed by atoms with Crippen LogP contribution in [0.25, 0.3) is 0 Å². The molecule has 1 rings (SSSR count). The van der Waals surface area contributed by atoms with Gasteiger partial charge in [-0.2, -0.15) is 0 Å². The van der Waals surface area contributed by atoms with E-state index in [1.165, 1.54) is 25.7 Å². The molecule has 0 saturated heterocycles. The van der Waals surface area contributed by atoms with Crippen LogP contribution >= 0.6 is 11.6 Å². The summed E-state index contributed by atoms with van der Waals surface area (Å²) < 4.78 is 5.68. The van der Waals surface area contributed by atoms with Crippen molar-refractivity contribution in [2.24, 2.45) is 0 Å². The molecule has 1 aromatic heterocycles. The smallest absolute Gasteiger partial charge is 0.213 e. The van der Waals surface area contributed by atoms with Crippen molar-refractivity contribution in [1.82, 2.24) is 4.98 Å². The molecular formula is C13H20ClNO. The van der Waals surface area contributed by atoms with Crippen LogP contribution in [-0.2, 0) is 0 Å². The topological polar surface area (TPSA) is 22.1 Å². The molecule has 3 heteroatoms. The molecule has 0 N–H and O–H groups in total. The highest BCUT2D eigenvalue weighted by Crippen LogP contribution is 2.15. The number of nitrogens with zero attached hydrogens (tertiary/aromatic N) is 1. The fourth-order valence-electron chi connectivity index (χ4n) is 1.56. The van der Waals surface area contributed by atoms with Gasteiger partial charge in [-0.3, -0.25) is 0 Å². The Labute approximate surface area is 103 Å². The zero-order valence-corrected chi connectivity index (χ0v) is 10.8. The number of aromatic nitrogens is 1. The van der Waals surface area contributed by atoms with Gasteiger partial charge in [0.15, 0.2) is 0 Å². The normalized spacial score (nSPS) is 12.4. The van der Waals surface area contributed by atoms with Gasteiger partial charge in [-0.15, -0.1) is 0 Å². The van der Waals surface area contributed by atoms with Crippen molar-refractivity contribution < 1.29 is 4.74 Å². The van der Waals surface area contributed by atoms with Crippen molar-refractivity contribution in [2.45, 2.75) is 52.1 Å². The number of unbranched alkanes of at least 4 members (excludes halogenated alkanes) is 3. The summed E-state index contributed by atoms with van der Waals surface area (Å²) in [5.41, 5.74) is 0. The van der Waals surface area contributed by atoms with Crippen LogP contribution in [0.3, 0.4) is 0 Å². The lowest BCUT2D eigenvalue weighted by Gasteiger charge is -2.13. The molecule has 0 aliphatic carbocycles. The summed E-state index contributed by atoms with van der Waals surface area (Å²) in [4.78, 5) is 4.11. The van der Waals surface area contributed by atoms with Crippen LogP contribution in [0, 0.1) is 0 Å². The summed E-state index contributed by atoms with van der Waals surface area (Å²) in [5.74, 6) is 0.660. The highest BCUT2D eigenvalue weighted by Gasteiger charge is 2.04. The van der Waals surface area contributed by atoms with Crippen molar-refractivity contribution in [3.05, 3.63) is 23.4 Å². The fraction of sp³-hybridized carbons (Fsp3) is 0.615. The quantitative estimate of drug-likeness (QED) is 0.657. The second-order valence-corrected chi connectivity index (χ2v) is 4.53. The monoisotopic (exact) mass is 241 g/mol. The van der Waals surface area contributed by atoms with Crippen LogP contribution in [-0.4, -0.2) is 11.1 Å². The average Bonchev–Trinajstić information content (AvgIpc) is 2.28. The fourth-order valence-corrected chi connectivity index (χ4v) is 1.67. The van der Waals surface area contributed by atoms with E-state index < -0.39 is 0 Å². The lowest BCUT2D eigenvalue weighted by atomic mass is 10.1. The summed E-state index contributed by atoms with van der Waals surface area (Å²) in [6, 6.07) is 3.61. The molecule has 0 saturated carbocycles. The van der Waals surface area contributed by atoms with Crippen LogP contribution in [0.1, 0.15) is 46.0 Å². The molecule has 90 valence electrons. The van der Waals surface area contributed by atoms with E-state index in [2.05, 4.69) is 18.8 Å². The molecule has 0 radical (unpaired) electrons. The molecule has 1 heterocycles. The molecule has 0 spiro atoms. The maximum atomic E-state index is 5.75. The minimum Gasteiger partial charge on any atom is -0.475 e. The van der Waals surface area contributed by atoms with E-state index in [1.807, 2.05) is 6.07 Å². The molecule has 0 fully saturated rings. The highest BCUT2D eigenvalue weighted by atomic mass is 35.5. The molecule has 0 aliphatic rings. The maximum Gasteiger partial charge on any atom is 0.213 e. The largest absolute Gasteiger partial charge is 0.475 e. The summed E-state index contributed by atoms with van der Waals surface area (Å²) in [5, 5.41) is 0.642. The van der Waals surface area contributed by atoms with Crippen LogP contribution in [0.5, 0.6) is 5.88 Å². The Hall–Kier alpha value is -0.760. The number of pyridine rings is 1. The van der Waals surface area contributed by atoms with Gasteiger partial charge in [0.2, 0.25) is 5.88 Å². The molecular weight excluding hydrogens is 222 g/mol. The average molecular weight is 242 g/mol. The second-order valence-electron chi connectivity index (χ2n) is 4.09. The number of hydrogen-bond donors (Lipinski definition) is 0. The first kappa shape index (κ1) is 13.3. The lowest BCUT2D eigenvalue weighted by molar-refractivity contribution is 0.198. The molecule has 1 aromatic rings. The molecule has 2 nitrogen and oxygen atoms in total. The van der Waals surface area contributed by atoms with Gasteiger partial charge in [0.1, 0.15) is 0 Å². The zero-order valence-electron chi connectivity index (χ0n) is 10.1. The Morgan fingerprint density at radius 2 is 2.12 bits per heavy atom. The van der Waals surface area contributed by atoms with Crippen LogP contribution in [0.15, 0.2) is 18.3 Å². The first-order chi connectivity index (χ1) is 7.72. The molecule has 16 heavy (non-hydrogen) atoms. The van der Waals surface area contributed by atoms with Crippen molar-refractivity contribution in [1.29, 1.82) is 0 Å². The minimum absolute atomic E-state index is 0.227. The first-order valence-electron chi connectivity index (χ1n) is 6.00. The summed E-state index contributed by atoms with van der Waals surface area (Å²) in [6.45, 7) is 4.31. The molecule has 1 unspecified atom stereocenters. The predicted molar refractivity (Wildman–Crippen MR) is 68.1 cm³/mol. The number of halogens is 1. The number of rotatable bonds is 7. The third-order valence-corrected chi connectivity index (χ3v) is 2.71. The molecule has 0 aliphatic heterocycles. The van der Waals surface area contributed by atoms with Gasteiger partial charge in [0.25, 0.3) is 0 Å². The van der Waals surface area contributed by atoms with E-state index in [-0.39, 0.29) is 6.10 Å². The molecule has 1 atom stereocenters. The molecule has 0 bridgehead atoms. The Morgan fingerprint density at radius 3 is 2.75 bits per heavy atom. The van der Waals surface area contributed by atoms with E-state index in [0.29, 0.717) is 10.9 Å². The first-order valence-corrected chi connectivity index (χ1v) is 6.38. The third kappa shape index (κ3) is 5.36. The molecule has 0 aromatic carbocycles. The van der Waals surface area contributed by atoms with Crippen molar-refractivity contribution in [2.75, 3.05) is 0 Å². The van der Waals surface area contributed by atoms with E-state index in [9.17, 15) is 0 Å². The van der Waals surface area contributed by atoms with Gasteiger partial charge in [-0.1, -0.05) is 37.8 Å². The summed E-state index contributed by atoms with van der Waals surface area (Å²) in [7, 11) is 0. The van der Waals surface area contributed by atoms with E-state index in [0.717, 1.165) is 6.42 Å². The maximum absolute atomic E-state index is 5.75. The second kappa shape index (κ2) is 7.50. The Morgan fingerprint density at radius 1 is 1.31 bits per heavy atom. The van der Waals surface area contributed by atoms with Gasteiger partial charge < -0.3 is 4.74 Å². The van der Waals surface area contributed by atoms with E-state index >= 15 is 0 Å². The van der Waals surface area contributed by atoms with Crippen molar-refractivity contribution >= 4 is 11.6 Å². The van der Waals surface area contributed by atoms with Gasteiger partial charge in [0, 0.05) is 12.3 Å². The Balaban J connectivity index is 2.23. The van der Waals surface area contributed by atoms with E-state index in [1.54, 1.807) is 12.3 Å². The van der Waals surface area contributed by atoms with Crippen molar-refractivity contribution in [3.8, 4) is 5.88 Å². The number of ether oxygens (including phenoxy) is 1. The standard InChI is InChI=1S/C13H20ClNO/c1-3-4-5-6-7-11(2)16-13-9-8-12(14)10-15-13/h8-11H,3-7H2,1-2H3. The highest BCUT2D eigenvalue weighted by molar-refractivity contribution is 6.30. The van der Waals surface area contributed by atoms with Gasteiger partial charge in [0.05, 0.1) is 11.1 Å². The summed E-state index contributed by atoms with van der Waals surface area (Å²) in [6.07, 6.45) is 8.02. The zero-order chi connectivity index (χ0) is 11.8. The lowest BCUT2D eigenvalue weighted by Crippen LogP contribution is -2.12. The molecule has 0 amide bonds. The van der Waals surface area contributed by atoms with Crippen molar-refractivity contribution in [3.63, 3.8) is 0 Å². The van der Waals surface area contributed by atoms with E-state index in [4.69, 9.17) is 16.3 Å². The van der Waals surface area contributed by atoms with Gasteiger partial charge >= 0.3 is 0 Å². The SMILES string of the molecule is CCCCCCC(C)Oc1ccc(Cl)cn1. The van der Waals surface area contributed by atoms with Gasteiger partial charge in [-0.25, -0.2) is 4.98 Å². The van der Waals surface area contributed by atoms with Gasteiger partial charge in [-0.05, 0) is 25.8 Å². The van der Waals surface area contributed by atoms with Crippen LogP contribution in [0.4, 0.5) is 0 Å². The Kier molecular flexibility index (Phi) is 6.24. The van der Waals surface area contributed by atoms with Crippen LogP contribution < -0.4 is 4.74 Å². The predicted octanol–water partition coefficient (Wildman–Crippen LogP) is 4.47. The summed E-state index contributed by atoms with van der Waals surface area (Å²) >= 11 is 5.75. The minimum atomic E-state index is 0.227. The third-order valence-electron chi connectivity index (χ3n) is 2.49.